The third-order valence-electron chi connectivity index (χ3n) is 3.69. The summed E-state index contributed by atoms with van der Waals surface area (Å²) in [4.78, 5) is 4.71. The lowest BCUT2D eigenvalue weighted by atomic mass is 10.2. The first-order valence-electron chi connectivity index (χ1n) is 7.70. The van der Waals surface area contributed by atoms with Crippen LogP contribution in [0.4, 0.5) is 0 Å². The van der Waals surface area contributed by atoms with Gasteiger partial charge < -0.3 is 10.6 Å². The number of aliphatic imine (C=N–C) groups is 1. The second-order valence-electron chi connectivity index (χ2n) is 5.29. The number of halogens is 1. The number of hydrogen-bond donors (Lipinski definition) is 2. The maximum absolute atomic E-state index is 4.71. The van der Waals surface area contributed by atoms with Gasteiger partial charge in [-0.2, -0.15) is 11.8 Å². The first-order chi connectivity index (χ1) is 9.38. The molecular weight excluding hydrogens is 381 g/mol. The van der Waals surface area contributed by atoms with Gasteiger partial charge in [-0.05, 0) is 51.2 Å². The minimum absolute atomic E-state index is 0. The molecular formula is C15H28IN3S. The molecule has 1 saturated heterocycles. The van der Waals surface area contributed by atoms with Crippen molar-refractivity contribution in [2.24, 2.45) is 4.99 Å². The maximum Gasteiger partial charge on any atom is 0.191 e. The van der Waals surface area contributed by atoms with Gasteiger partial charge in [0.2, 0.25) is 0 Å². The Kier molecular flexibility index (Phi) is 9.76. The average Bonchev–Trinajstić information content (AvgIpc) is 3.09. The highest BCUT2D eigenvalue weighted by Gasteiger charge is 2.14. The Morgan fingerprint density at radius 1 is 1.40 bits per heavy atom. The van der Waals surface area contributed by atoms with E-state index in [0.29, 0.717) is 0 Å². The lowest BCUT2D eigenvalue weighted by Gasteiger charge is -2.13. The van der Waals surface area contributed by atoms with Gasteiger partial charge in [-0.1, -0.05) is 11.6 Å². The molecule has 0 bridgehead atoms. The van der Waals surface area contributed by atoms with Crippen molar-refractivity contribution in [1.29, 1.82) is 0 Å². The molecule has 2 aliphatic rings. The highest BCUT2D eigenvalue weighted by molar-refractivity contribution is 14.0. The molecule has 1 heterocycles. The van der Waals surface area contributed by atoms with E-state index in [9.17, 15) is 0 Å². The van der Waals surface area contributed by atoms with Gasteiger partial charge >= 0.3 is 0 Å². The fraction of sp³-hybridized carbons (Fsp3) is 0.800. The highest BCUT2D eigenvalue weighted by Crippen LogP contribution is 2.26. The summed E-state index contributed by atoms with van der Waals surface area (Å²) >= 11 is 2.07. The van der Waals surface area contributed by atoms with Gasteiger partial charge in [0.1, 0.15) is 0 Å². The molecule has 1 aliphatic heterocycles. The van der Waals surface area contributed by atoms with Crippen molar-refractivity contribution in [2.45, 2.75) is 50.7 Å². The van der Waals surface area contributed by atoms with Gasteiger partial charge in [0.15, 0.2) is 5.96 Å². The van der Waals surface area contributed by atoms with Crippen LogP contribution in [0.5, 0.6) is 0 Å². The van der Waals surface area contributed by atoms with Crippen molar-refractivity contribution < 1.29 is 0 Å². The molecule has 2 rings (SSSR count). The SMILES string of the molecule is CCNC(=NCC1CCCS1)NCCC1=CCCC1.I. The Morgan fingerprint density at radius 2 is 2.30 bits per heavy atom. The summed E-state index contributed by atoms with van der Waals surface area (Å²) in [6, 6.07) is 0. The number of guanidine groups is 1. The molecule has 5 heteroatoms. The minimum Gasteiger partial charge on any atom is -0.357 e. The summed E-state index contributed by atoms with van der Waals surface area (Å²) in [7, 11) is 0. The van der Waals surface area contributed by atoms with E-state index in [1.54, 1.807) is 5.57 Å². The van der Waals surface area contributed by atoms with E-state index in [4.69, 9.17) is 4.99 Å². The summed E-state index contributed by atoms with van der Waals surface area (Å²) in [5, 5.41) is 7.55. The molecule has 0 aromatic heterocycles. The van der Waals surface area contributed by atoms with Crippen LogP contribution in [0.1, 0.15) is 45.4 Å². The zero-order valence-electron chi connectivity index (χ0n) is 12.5. The standard InChI is InChI=1S/C15H27N3S.HI/c1-2-16-15(18-12-14-8-5-11-19-14)17-10-9-13-6-3-4-7-13;/h6,14H,2-5,7-12H2,1H3,(H2,16,17,18);1H. The molecule has 0 aromatic rings. The second kappa shape index (κ2) is 10.8. The number of nitrogens with one attached hydrogen (secondary N) is 2. The molecule has 20 heavy (non-hydrogen) atoms. The predicted octanol–water partition coefficient (Wildman–Crippen LogP) is 3.56. The van der Waals surface area contributed by atoms with E-state index >= 15 is 0 Å². The summed E-state index contributed by atoms with van der Waals surface area (Å²) in [5.74, 6) is 2.31. The van der Waals surface area contributed by atoms with Crippen molar-refractivity contribution in [3.05, 3.63) is 11.6 Å². The Morgan fingerprint density at radius 3 is 2.95 bits per heavy atom. The van der Waals surface area contributed by atoms with E-state index in [1.165, 1.54) is 44.3 Å². The third-order valence-corrected chi connectivity index (χ3v) is 5.08. The first kappa shape index (κ1) is 18.1. The lowest BCUT2D eigenvalue weighted by Crippen LogP contribution is -2.38. The van der Waals surface area contributed by atoms with Crippen molar-refractivity contribution in [3.8, 4) is 0 Å². The zero-order chi connectivity index (χ0) is 13.3. The van der Waals surface area contributed by atoms with Crippen LogP contribution in [0, 0.1) is 0 Å². The number of nitrogens with zero attached hydrogens (tertiary/aromatic N) is 1. The van der Waals surface area contributed by atoms with Gasteiger partial charge in [0, 0.05) is 18.3 Å². The summed E-state index contributed by atoms with van der Waals surface area (Å²) in [5.41, 5.74) is 1.62. The van der Waals surface area contributed by atoms with Gasteiger partial charge in [-0.3, -0.25) is 4.99 Å². The number of allylic oxidation sites excluding steroid dienone is 1. The molecule has 1 aliphatic carbocycles. The van der Waals surface area contributed by atoms with Crippen LogP contribution >= 0.6 is 35.7 Å². The molecule has 116 valence electrons. The minimum atomic E-state index is 0. The zero-order valence-corrected chi connectivity index (χ0v) is 15.6. The van der Waals surface area contributed by atoms with Crippen molar-refractivity contribution >= 4 is 41.7 Å². The molecule has 1 unspecified atom stereocenters. The molecule has 1 atom stereocenters. The van der Waals surface area contributed by atoms with Crippen LogP contribution in [0.2, 0.25) is 0 Å². The van der Waals surface area contributed by atoms with Crippen molar-refractivity contribution in [1.82, 2.24) is 10.6 Å². The quantitative estimate of drug-likeness (QED) is 0.305. The Hall–Kier alpha value is 0.0900. The molecule has 0 radical (unpaired) electrons. The molecule has 0 saturated carbocycles. The highest BCUT2D eigenvalue weighted by atomic mass is 127. The third kappa shape index (κ3) is 6.70. The lowest BCUT2D eigenvalue weighted by molar-refractivity contribution is 0.753. The van der Waals surface area contributed by atoms with E-state index in [2.05, 4.69) is 35.4 Å². The molecule has 0 spiro atoms. The van der Waals surface area contributed by atoms with Crippen molar-refractivity contribution in [3.63, 3.8) is 0 Å². The van der Waals surface area contributed by atoms with Gasteiger partial charge in [-0.15, -0.1) is 24.0 Å². The summed E-state index contributed by atoms with van der Waals surface area (Å²) < 4.78 is 0. The molecule has 3 nitrogen and oxygen atoms in total. The summed E-state index contributed by atoms with van der Waals surface area (Å²) in [6.07, 6.45) is 10.2. The van der Waals surface area contributed by atoms with E-state index in [1.807, 2.05) is 0 Å². The van der Waals surface area contributed by atoms with Crippen LogP contribution in [0.3, 0.4) is 0 Å². The second-order valence-corrected chi connectivity index (χ2v) is 6.69. The molecule has 1 fully saturated rings. The average molecular weight is 409 g/mol. The largest absolute Gasteiger partial charge is 0.357 e. The Labute approximate surface area is 144 Å². The predicted molar refractivity (Wildman–Crippen MR) is 101 cm³/mol. The van der Waals surface area contributed by atoms with Crippen LogP contribution < -0.4 is 10.6 Å². The van der Waals surface area contributed by atoms with Crippen molar-refractivity contribution in [2.75, 3.05) is 25.4 Å². The normalized spacial score (nSPS) is 22.4. The number of thioether (sulfide) groups is 1. The fourth-order valence-electron chi connectivity index (χ4n) is 2.63. The summed E-state index contributed by atoms with van der Waals surface area (Å²) in [6.45, 7) is 5.03. The van der Waals surface area contributed by atoms with Crippen LogP contribution in [0.25, 0.3) is 0 Å². The molecule has 0 amide bonds. The maximum atomic E-state index is 4.71. The van der Waals surface area contributed by atoms with Gasteiger partial charge in [0.25, 0.3) is 0 Å². The Balaban J connectivity index is 0.00000200. The Bertz CT molecular complexity index is 325. The molecule has 2 N–H and O–H groups in total. The van der Waals surface area contributed by atoms with Crippen LogP contribution in [-0.4, -0.2) is 36.6 Å². The molecule has 0 aromatic carbocycles. The van der Waals surface area contributed by atoms with Crippen LogP contribution in [-0.2, 0) is 0 Å². The monoisotopic (exact) mass is 409 g/mol. The van der Waals surface area contributed by atoms with Gasteiger partial charge in [-0.25, -0.2) is 0 Å². The topological polar surface area (TPSA) is 36.4 Å². The van der Waals surface area contributed by atoms with E-state index in [0.717, 1.165) is 30.8 Å². The number of hydrogen-bond acceptors (Lipinski definition) is 2. The van der Waals surface area contributed by atoms with Crippen LogP contribution in [0.15, 0.2) is 16.6 Å². The first-order valence-corrected chi connectivity index (χ1v) is 8.75. The van der Waals surface area contributed by atoms with E-state index in [-0.39, 0.29) is 24.0 Å². The fourth-order valence-corrected chi connectivity index (χ4v) is 3.81. The number of rotatable bonds is 6. The van der Waals surface area contributed by atoms with Gasteiger partial charge in [0.05, 0.1) is 6.54 Å². The smallest absolute Gasteiger partial charge is 0.191 e. The van der Waals surface area contributed by atoms with E-state index < -0.39 is 0 Å².